The summed E-state index contributed by atoms with van der Waals surface area (Å²) in [5, 5.41) is 9.20. The molecular weight excluding hydrogens is 362 g/mol. The highest BCUT2D eigenvalue weighted by Gasteiger charge is 2.22. The zero-order valence-electron chi connectivity index (χ0n) is 21.7. The molecule has 1 heteroatoms. The van der Waals surface area contributed by atoms with Crippen molar-refractivity contribution in [2.45, 2.75) is 169 Å². The third-order valence-corrected chi connectivity index (χ3v) is 7.00. The molecule has 0 fully saturated rings. The summed E-state index contributed by atoms with van der Waals surface area (Å²) in [6.07, 6.45) is 29.6. The van der Waals surface area contributed by atoms with Crippen molar-refractivity contribution >= 4 is 5.71 Å². The summed E-state index contributed by atoms with van der Waals surface area (Å²) in [6.45, 7) is 9.21. The Morgan fingerprint density at radius 3 is 0.900 bits per heavy atom. The summed E-state index contributed by atoms with van der Waals surface area (Å²) in [5.74, 6) is 1.16. The van der Waals surface area contributed by atoms with Gasteiger partial charge < -0.3 is 5.41 Å². The molecule has 0 aliphatic rings. The molecular formula is C29H59N. The fourth-order valence-corrected chi connectivity index (χ4v) is 4.87. The van der Waals surface area contributed by atoms with Crippen LogP contribution in [-0.2, 0) is 0 Å². The smallest absolute Gasteiger partial charge is 0.0151 e. The maximum Gasteiger partial charge on any atom is 0.0151 e. The average Bonchev–Trinajstić information content (AvgIpc) is 2.76. The van der Waals surface area contributed by atoms with E-state index in [0.717, 1.165) is 5.71 Å². The number of hydrogen-bond acceptors (Lipinski definition) is 1. The first-order valence-electron chi connectivity index (χ1n) is 14.3. The van der Waals surface area contributed by atoms with Crippen LogP contribution in [0.15, 0.2) is 0 Å². The molecule has 0 amide bonds. The molecule has 30 heavy (non-hydrogen) atoms. The van der Waals surface area contributed by atoms with E-state index in [0.29, 0.717) is 11.8 Å². The number of nitrogens with one attached hydrogen (secondary N) is 1. The van der Waals surface area contributed by atoms with Gasteiger partial charge in [0.15, 0.2) is 0 Å². The third kappa shape index (κ3) is 17.4. The van der Waals surface area contributed by atoms with Crippen LogP contribution in [0.3, 0.4) is 0 Å². The molecule has 0 saturated carbocycles. The van der Waals surface area contributed by atoms with E-state index < -0.39 is 0 Å². The molecule has 1 nitrogen and oxygen atoms in total. The van der Waals surface area contributed by atoms with Crippen LogP contribution in [-0.4, -0.2) is 5.71 Å². The number of hydrogen-bond donors (Lipinski definition) is 1. The second kappa shape index (κ2) is 23.3. The van der Waals surface area contributed by atoms with Crippen molar-refractivity contribution in [2.75, 3.05) is 0 Å². The third-order valence-electron chi connectivity index (χ3n) is 7.00. The molecule has 2 atom stereocenters. The van der Waals surface area contributed by atoms with Gasteiger partial charge in [-0.1, -0.05) is 143 Å². The molecule has 0 spiro atoms. The van der Waals surface area contributed by atoms with Gasteiger partial charge in [0.25, 0.3) is 0 Å². The van der Waals surface area contributed by atoms with Crippen LogP contribution in [0.25, 0.3) is 0 Å². The lowest BCUT2D eigenvalue weighted by atomic mass is 9.80. The van der Waals surface area contributed by atoms with Crippen molar-refractivity contribution in [1.29, 1.82) is 5.41 Å². The predicted molar refractivity (Wildman–Crippen MR) is 139 cm³/mol. The average molecular weight is 422 g/mol. The monoisotopic (exact) mass is 421 g/mol. The first-order valence-corrected chi connectivity index (χ1v) is 14.3. The lowest BCUT2D eigenvalue weighted by Gasteiger charge is -2.26. The van der Waals surface area contributed by atoms with E-state index in [2.05, 4.69) is 27.7 Å². The van der Waals surface area contributed by atoms with Crippen LogP contribution in [0.2, 0.25) is 0 Å². The van der Waals surface area contributed by atoms with E-state index in [4.69, 9.17) is 0 Å². The highest BCUT2D eigenvalue weighted by molar-refractivity contribution is 5.86. The molecule has 0 aliphatic carbocycles. The molecule has 0 aromatic carbocycles. The molecule has 1 N–H and O–H groups in total. The first-order chi connectivity index (χ1) is 14.7. The van der Waals surface area contributed by atoms with Crippen LogP contribution in [0, 0.1) is 17.2 Å². The molecule has 0 radical (unpaired) electrons. The lowest BCUT2D eigenvalue weighted by Crippen LogP contribution is -2.24. The van der Waals surface area contributed by atoms with Crippen molar-refractivity contribution in [3.8, 4) is 0 Å². The molecule has 0 aromatic rings. The zero-order valence-corrected chi connectivity index (χ0v) is 21.7. The Balaban J connectivity index is 4.74. The van der Waals surface area contributed by atoms with E-state index in [1.54, 1.807) is 0 Å². The van der Waals surface area contributed by atoms with Gasteiger partial charge in [-0.3, -0.25) is 0 Å². The summed E-state index contributed by atoms with van der Waals surface area (Å²) in [5.41, 5.74) is 1.16. The van der Waals surface area contributed by atoms with Crippen molar-refractivity contribution in [1.82, 2.24) is 0 Å². The van der Waals surface area contributed by atoms with Gasteiger partial charge in [0, 0.05) is 5.71 Å². The maximum absolute atomic E-state index is 9.20. The summed E-state index contributed by atoms with van der Waals surface area (Å²) in [7, 11) is 0. The zero-order chi connectivity index (χ0) is 22.3. The van der Waals surface area contributed by atoms with Gasteiger partial charge in [0.1, 0.15) is 0 Å². The van der Waals surface area contributed by atoms with Gasteiger partial charge in [-0.05, 0) is 37.5 Å². The van der Waals surface area contributed by atoms with Crippen LogP contribution in [0.1, 0.15) is 169 Å². The SMILES string of the molecule is CCCCCCCC(CCCCCC)C(=N)C(CCCCCC)CCCCCCC. The largest absolute Gasteiger partial charge is 0.309 e. The molecule has 0 rings (SSSR count). The summed E-state index contributed by atoms with van der Waals surface area (Å²) in [6, 6.07) is 0. The molecule has 2 unspecified atom stereocenters. The second-order valence-corrected chi connectivity index (χ2v) is 9.95. The Bertz CT molecular complexity index is 316. The maximum atomic E-state index is 9.20. The fourth-order valence-electron chi connectivity index (χ4n) is 4.87. The van der Waals surface area contributed by atoms with Crippen LogP contribution in [0.4, 0.5) is 0 Å². The van der Waals surface area contributed by atoms with Crippen LogP contribution < -0.4 is 0 Å². The molecule has 180 valence electrons. The van der Waals surface area contributed by atoms with Crippen LogP contribution in [0.5, 0.6) is 0 Å². The van der Waals surface area contributed by atoms with Crippen molar-refractivity contribution in [3.63, 3.8) is 0 Å². The Labute approximate surface area is 192 Å². The van der Waals surface area contributed by atoms with Gasteiger partial charge >= 0.3 is 0 Å². The van der Waals surface area contributed by atoms with Crippen molar-refractivity contribution < 1.29 is 0 Å². The minimum absolute atomic E-state index is 0.579. The number of unbranched alkanes of at least 4 members (excludes halogenated alkanes) is 14. The molecule has 0 aromatic heterocycles. The van der Waals surface area contributed by atoms with Gasteiger partial charge in [-0.2, -0.15) is 0 Å². The van der Waals surface area contributed by atoms with E-state index in [9.17, 15) is 5.41 Å². The Kier molecular flexibility index (Phi) is 23.1. The lowest BCUT2D eigenvalue weighted by molar-refractivity contribution is 0.437. The van der Waals surface area contributed by atoms with E-state index in [-0.39, 0.29) is 0 Å². The van der Waals surface area contributed by atoms with E-state index >= 15 is 0 Å². The van der Waals surface area contributed by atoms with E-state index in [1.165, 1.54) is 141 Å². The minimum Gasteiger partial charge on any atom is -0.309 e. The topological polar surface area (TPSA) is 23.9 Å². The molecule has 0 bridgehead atoms. The summed E-state index contributed by atoms with van der Waals surface area (Å²) < 4.78 is 0. The Morgan fingerprint density at radius 2 is 0.633 bits per heavy atom. The van der Waals surface area contributed by atoms with Crippen molar-refractivity contribution in [3.05, 3.63) is 0 Å². The molecule has 0 heterocycles. The fraction of sp³-hybridized carbons (Fsp3) is 0.966. The predicted octanol–water partition coefficient (Wildman–Crippen LogP) is 10.9. The van der Waals surface area contributed by atoms with Gasteiger partial charge in [0.2, 0.25) is 0 Å². The summed E-state index contributed by atoms with van der Waals surface area (Å²) >= 11 is 0. The Morgan fingerprint density at radius 1 is 0.400 bits per heavy atom. The van der Waals surface area contributed by atoms with Crippen molar-refractivity contribution in [2.24, 2.45) is 11.8 Å². The van der Waals surface area contributed by atoms with Gasteiger partial charge in [-0.25, -0.2) is 0 Å². The summed E-state index contributed by atoms with van der Waals surface area (Å²) in [4.78, 5) is 0. The molecule has 0 aliphatic heterocycles. The standard InChI is InChI=1S/C29H59N/c1-5-9-13-17-21-25-27(23-19-15-11-7-3)29(30)28(24-20-16-12-8-4)26-22-18-14-10-6-2/h27-28,30H,5-26H2,1-4H3. The first kappa shape index (κ1) is 29.7. The number of rotatable bonds is 24. The normalized spacial score (nSPS) is 13.5. The Hall–Kier alpha value is -0.330. The highest BCUT2D eigenvalue weighted by Crippen LogP contribution is 2.28. The second-order valence-electron chi connectivity index (χ2n) is 9.95. The van der Waals surface area contributed by atoms with Gasteiger partial charge in [-0.15, -0.1) is 0 Å². The quantitative estimate of drug-likeness (QED) is 0.118. The highest BCUT2D eigenvalue weighted by atomic mass is 14.5. The van der Waals surface area contributed by atoms with E-state index in [1.807, 2.05) is 0 Å². The molecule has 0 saturated heterocycles. The van der Waals surface area contributed by atoms with Gasteiger partial charge in [0.05, 0.1) is 0 Å². The minimum atomic E-state index is 0.579. The van der Waals surface area contributed by atoms with Crippen LogP contribution >= 0.6 is 0 Å².